The van der Waals surface area contributed by atoms with E-state index in [2.05, 4.69) is 242 Å². The Hall–Kier alpha value is -5.12. The number of para-hydroxylation sites is 1. The predicted octanol–water partition coefficient (Wildman–Crippen LogP) is 17.4. The van der Waals surface area contributed by atoms with Crippen molar-refractivity contribution < 1.29 is 25.8 Å². The third kappa shape index (κ3) is 9.85. The molecule has 0 saturated heterocycles. The molecule has 3 heterocycles. The molecule has 0 amide bonds. The van der Waals surface area contributed by atoms with Crippen molar-refractivity contribution in [1.82, 2.24) is 9.55 Å². The van der Waals surface area contributed by atoms with Crippen LogP contribution in [-0.2, 0) is 38.3 Å². The van der Waals surface area contributed by atoms with Crippen molar-refractivity contribution in [2.24, 2.45) is 10.8 Å². The van der Waals surface area contributed by atoms with Gasteiger partial charge in [0.05, 0.1) is 0 Å². The summed E-state index contributed by atoms with van der Waals surface area (Å²) in [6, 6.07) is 43.1. The van der Waals surface area contributed by atoms with Crippen LogP contribution >= 0.6 is 0 Å². The van der Waals surface area contributed by atoms with Gasteiger partial charge in [-0.15, -0.1) is 53.6 Å². The van der Waals surface area contributed by atoms with Crippen LogP contribution in [0.2, 0.25) is 0 Å². The SMILES string of the molecule is CCc1cc(C(C)C)c(-c2cccc(N3[CH-]N(c4[c-]c(Oc5[c-]c6c(cc5)c5ccccc5n6-c5cc(C(C)(C)C)ccn5)cc(C(C)(C)C)c4)C(C(C)(C)C)=C3C(C)(C)C)c2)c(C(C)C)c1.[Pt]. The van der Waals surface area contributed by atoms with Crippen LogP contribution in [0.4, 0.5) is 11.4 Å². The molecule has 8 rings (SSSR count). The van der Waals surface area contributed by atoms with Crippen LogP contribution in [0.1, 0.15) is 157 Å². The minimum atomic E-state index is -0.228. The van der Waals surface area contributed by atoms with Gasteiger partial charge in [0, 0.05) is 72.2 Å². The molecule has 5 nitrogen and oxygen atoms in total. The average Bonchev–Trinajstić information content (AvgIpc) is 3.83. The van der Waals surface area contributed by atoms with E-state index in [1.807, 2.05) is 12.3 Å². The second-order valence-electron chi connectivity index (χ2n) is 23.5. The van der Waals surface area contributed by atoms with Crippen molar-refractivity contribution in [2.75, 3.05) is 9.80 Å². The number of fused-ring (bicyclic) bond motifs is 3. The molecule has 0 fully saturated rings. The van der Waals surface area contributed by atoms with Gasteiger partial charge >= 0.3 is 0 Å². The first kappa shape index (κ1) is 50.7. The standard InChI is InChI=1S/C62H73N4O.Pt/c1-18-41-30-51(39(2)3)56(52(31-41)40(4)5)42-22-21-23-45(32-42)64-38-65(58(62(15,16)17)57(64)61(12,13)14)46-33-44(60(9,10)11)34-48(36-46)67-47-26-27-50-49-24-19-20-25-53(49)66(54(50)37-47)55-35-43(28-29-63-55)59(6,7)8;/h19-35,38-40H,18H2,1-17H3;/q-3;. The smallest absolute Gasteiger partial charge is 0.135 e. The minimum absolute atomic E-state index is 0. The van der Waals surface area contributed by atoms with Gasteiger partial charge in [0.2, 0.25) is 0 Å². The van der Waals surface area contributed by atoms with Gasteiger partial charge < -0.3 is 19.1 Å². The molecule has 0 atom stereocenters. The van der Waals surface area contributed by atoms with Crippen molar-refractivity contribution >= 4 is 33.2 Å². The van der Waals surface area contributed by atoms with Crippen molar-refractivity contribution in [2.45, 2.75) is 147 Å². The van der Waals surface area contributed by atoms with Gasteiger partial charge in [-0.3, -0.25) is 0 Å². The molecule has 0 unspecified atom stereocenters. The van der Waals surface area contributed by atoms with Crippen LogP contribution in [0.3, 0.4) is 0 Å². The summed E-state index contributed by atoms with van der Waals surface area (Å²) in [6.07, 6.45) is 2.94. The van der Waals surface area contributed by atoms with Crippen LogP contribution in [0.15, 0.2) is 115 Å². The van der Waals surface area contributed by atoms with Crippen LogP contribution in [0.25, 0.3) is 38.8 Å². The average molecular weight is 1090 g/mol. The van der Waals surface area contributed by atoms with E-state index >= 15 is 0 Å². The molecule has 1 aliphatic rings. The Morgan fingerprint density at radius 2 is 1.24 bits per heavy atom. The second kappa shape index (κ2) is 18.7. The summed E-state index contributed by atoms with van der Waals surface area (Å²) in [5.74, 6) is 2.91. The fourth-order valence-electron chi connectivity index (χ4n) is 9.73. The van der Waals surface area contributed by atoms with Gasteiger partial charge in [-0.25, -0.2) is 4.98 Å². The number of rotatable bonds is 9. The molecule has 0 saturated carbocycles. The zero-order valence-corrected chi connectivity index (χ0v) is 46.0. The topological polar surface area (TPSA) is 33.5 Å². The normalized spacial score (nSPS) is 14.0. The van der Waals surface area contributed by atoms with E-state index in [4.69, 9.17) is 9.72 Å². The van der Waals surface area contributed by atoms with Crippen LogP contribution in [-0.4, -0.2) is 9.55 Å². The maximum absolute atomic E-state index is 6.94. The Morgan fingerprint density at radius 1 is 0.603 bits per heavy atom. The Balaban J connectivity index is 0.00000684. The summed E-state index contributed by atoms with van der Waals surface area (Å²) < 4.78 is 9.16. The van der Waals surface area contributed by atoms with Crippen LogP contribution in [0.5, 0.6) is 11.5 Å². The van der Waals surface area contributed by atoms with Crippen molar-refractivity contribution in [3.05, 3.63) is 161 Å². The number of nitrogens with zero attached hydrogens (tertiary/aromatic N) is 4. The van der Waals surface area contributed by atoms with Gasteiger partial charge in [0.15, 0.2) is 0 Å². The summed E-state index contributed by atoms with van der Waals surface area (Å²) in [5.41, 5.74) is 15.2. The zero-order chi connectivity index (χ0) is 48.5. The van der Waals surface area contributed by atoms with E-state index in [1.165, 1.54) is 44.8 Å². The quantitative estimate of drug-likeness (QED) is 0.135. The number of aromatic nitrogens is 2. The molecule has 1 aliphatic heterocycles. The number of allylic oxidation sites excluding steroid dienone is 2. The summed E-state index contributed by atoms with van der Waals surface area (Å²) in [5, 5.41) is 2.25. The summed E-state index contributed by atoms with van der Waals surface area (Å²) in [6.45, 7) is 41.4. The molecule has 6 heteroatoms. The molecule has 0 radical (unpaired) electrons. The monoisotopic (exact) mass is 1080 g/mol. The molecular weight excluding hydrogens is 1010 g/mol. The number of hydrogen-bond acceptors (Lipinski definition) is 4. The fraction of sp³-hybridized carbons (Fsp3) is 0.387. The Bertz CT molecular complexity index is 2980. The van der Waals surface area contributed by atoms with E-state index in [9.17, 15) is 0 Å². The number of benzene rings is 5. The predicted molar refractivity (Wildman–Crippen MR) is 285 cm³/mol. The van der Waals surface area contributed by atoms with E-state index < -0.39 is 0 Å². The van der Waals surface area contributed by atoms with Gasteiger partial charge in [-0.05, 0) is 98.2 Å². The van der Waals surface area contributed by atoms with Crippen LogP contribution < -0.4 is 14.5 Å². The third-order valence-corrected chi connectivity index (χ3v) is 13.3. The molecule has 0 spiro atoms. The maximum atomic E-state index is 6.94. The number of pyridine rings is 1. The van der Waals surface area contributed by atoms with Crippen LogP contribution in [0, 0.1) is 29.6 Å². The molecule has 2 aromatic heterocycles. The molecule has 360 valence electrons. The molecule has 68 heavy (non-hydrogen) atoms. The number of aryl methyl sites for hydroxylation is 1. The van der Waals surface area contributed by atoms with Crippen molar-refractivity contribution in [3.63, 3.8) is 0 Å². The summed E-state index contributed by atoms with van der Waals surface area (Å²) in [4.78, 5) is 9.73. The van der Waals surface area contributed by atoms with Crippen molar-refractivity contribution in [3.8, 4) is 28.4 Å². The first-order valence-electron chi connectivity index (χ1n) is 24.5. The number of ether oxygens (including phenoxy) is 1. The molecule has 7 aromatic rings. The Morgan fingerprint density at radius 3 is 1.84 bits per heavy atom. The second-order valence-corrected chi connectivity index (χ2v) is 23.5. The van der Waals surface area contributed by atoms with Gasteiger partial charge in [-0.2, -0.15) is 6.07 Å². The summed E-state index contributed by atoms with van der Waals surface area (Å²) in [7, 11) is 0. The zero-order valence-electron chi connectivity index (χ0n) is 43.8. The van der Waals surface area contributed by atoms with Gasteiger partial charge in [-0.1, -0.05) is 166 Å². The van der Waals surface area contributed by atoms with Crippen molar-refractivity contribution in [1.29, 1.82) is 0 Å². The molecule has 0 aliphatic carbocycles. The molecule has 5 aromatic carbocycles. The van der Waals surface area contributed by atoms with E-state index in [0.29, 0.717) is 23.3 Å². The van der Waals surface area contributed by atoms with Gasteiger partial charge in [0.25, 0.3) is 0 Å². The van der Waals surface area contributed by atoms with E-state index in [1.54, 1.807) is 0 Å². The maximum Gasteiger partial charge on any atom is 0.135 e. The molecular formula is C62H73N4OPt-3. The first-order chi connectivity index (χ1) is 31.3. The minimum Gasteiger partial charge on any atom is -0.509 e. The number of anilines is 2. The number of hydrogen-bond donors (Lipinski definition) is 0. The Labute approximate surface area is 423 Å². The fourth-order valence-corrected chi connectivity index (χ4v) is 9.73. The largest absolute Gasteiger partial charge is 0.509 e. The van der Waals surface area contributed by atoms with E-state index in [-0.39, 0.29) is 42.7 Å². The molecule has 0 N–H and O–H groups in total. The third-order valence-electron chi connectivity index (χ3n) is 13.3. The Kier molecular flexibility index (Phi) is 13.9. The van der Waals surface area contributed by atoms with Gasteiger partial charge in [0.1, 0.15) is 5.82 Å². The first-order valence-corrected chi connectivity index (χ1v) is 24.5. The molecule has 0 bridgehead atoms. The van der Waals surface area contributed by atoms with E-state index in [0.717, 1.165) is 51.0 Å². The summed E-state index contributed by atoms with van der Waals surface area (Å²) >= 11 is 0.